The second-order valence-electron chi connectivity index (χ2n) is 3.98. The molecule has 18 heavy (non-hydrogen) atoms. The van der Waals surface area contributed by atoms with E-state index in [0.29, 0.717) is 21.5 Å². The van der Waals surface area contributed by atoms with Crippen molar-refractivity contribution in [2.45, 2.75) is 13.5 Å². The Balaban J connectivity index is 2.33. The molecule has 2 rings (SSSR count). The van der Waals surface area contributed by atoms with Gasteiger partial charge < -0.3 is 9.84 Å². The fourth-order valence-corrected chi connectivity index (χ4v) is 2.09. The molecule has 0 fully saturated rings. The van der Waals surface area contributed by atoms with E-state index in [4.69, 9.17) is 4.74 Å². The zero-order valence-corrected chi connectivity index (χ0v) is 11.4. The molecule has 4 heteroatoms. The van der Waals surface area contributed by atoms with Gasteiger partial charge in [-0.25, -0.2) is 4.39 Å². The first kappa shape index (κ1) is 13.1. The highest BCUT2D eigenvalue weighted by Crippen LogP contribution is 2.29. The fraction of sp³-hybridized carbons (Fsp3) is 0.143. The number of benzene rings is 2. The minimum Gasteiger partial charge on any atom is -0.457 e. The summed E-state index contributed by atoms with van der Waals surface area (Å²) < 4.78 is 19.4. The lowest BCUT2D eigenvalue weighted by Gasteiger charge is -2.11. The number of aliphatic hydroxyl groups excluding tert-OH is 1. The smallest absolute Gasteiger partial charge is 0.132 e. The van der Waals surface area contributed by atoms with Gasteiger partial charge in [-0.15, -0.1) is 0 Å². The fourth-order valence-electron chi connectivity index (χ4n) is 1.65. The first-order valence-electron chi connectivity index (χ1n) is 5.43. The summed E-state index contributed by atoms with van der Waals surface area (Å²) >= 11 is 3.20. The van der Waals surface area contributed by atoms with Gasteiger partial charge in [0.05, 0.1) is 6.61 Å². The van der Waals surface area contributed by atoms with Crippen molar-refractivity contribution in [3.05, 3.63) is 57.8 Å². The van der Waals surface area contributed by atoms with E-state index in [1.807, 2.05) is 19.1 Å². The molecular weight excluding hydrogens is 299 g/mol. The predicted octanol–water partition coefficient (Wildman–Crippen LogP) is 4.18. The van der Waals surface area contributed by atoms with Crippen LogP contribution >= 0.6 is 15.9 Å². The Morgan fingerprint density at radius 2 is 2.00 bits per heavy atom. The van der Waals surface area contributed by atoms with Crippen LogP contribution in [0.1, 0.15) is 11.1 Å². The Morgan fingerprint density at radius 3 is 2.67 bits per heavy atom. The van der Waals surface area contributed by atoms with E-state index >= 15 is 0 Å². The summed E-state index contributed by atoms with van der Waals surface area (Å²) in [4.78, 5) is 0. The van der Waals surface area contributed by atoms with E-state index in [2.05, 4.69) is 15.9 Å². The van der Waals surface area contributed by atoms with Crippen molar-refractivity contribution in [3.63, 3.8) is 0 Å². The number of ether oxygens (including phenoxy) is 1. The number of aliphatic hydroxyl groups is 1. The molecule has 2 aromatic carbocycles. The average Bonchev–Trinajstić information content (AvgIpc) is 2.30. The highest BCUT2D eigenvalue weighted by atomic mass is 79.9. The van der Waals surface area contributed by atoms with E-state index in [-0.39, 0.29) is 12.4 Å². The molecule has 0 radical (unpaired) electrons. The third-order valence-corrected chi connectivity index (χ3v) is 2.91. The van der Waals surface area contributed by atoms with Crippen LogP contribution in [0.5, 0.6) is 11.5 Å². The second-order valence-corrected chi connectivity index (χ2v) is 4.89. The van der Waals surface area contributed by atoms with Crippen LogP contribution in [0.2, 0.25) is 0 Å². The molecule has 0 aromatic heterocycles. The van der Waals surface area contributed by atoms with Crippen LogP contribution in [0.25, 0.3) is 0 Å². The van der Waals surface area contributed by atoms with Crippen LogP contribution in [0.3, 0.4) is 0 Å². The third-order valence-electron chi connectivity index (χ3n) is 2.45. The standard InChI is InChI=1S/C14H12BrFO2/c1-9-2-3-14(10(4-9)8-17)18-13-6-11(15)5-12(16)7-13/h2-7,17H,8H2,1H3. The van der Waals surface area contributed by atoms with Crippen LogP contribution in [0, 0.1) is 12.7 Å². The third kappa shape index (κ3) is 3.09. The van der Waals surface area contributed by atoms with Crippen LogP contribution in [0.4, 0.5) is 4.39 Å². The summed E-state index contributed by atoms with van der Waals surface area (Å²) in [5.74, 6) is 0.540. The normalized spacial score (nSPS) is 10.4. The molecule has 0 saturated carbocycles. The molecule has 2 aromatic rings. The summed E-state index contributed by atoms with van der Waals surface area (Å²) in [6.07, 6.45) is 0. The van der Waals surface area contributed by atoms with Gasteiger partial charge in [-0.2, -0.15) is 0 Å². The Morgan fingerprint density at radius 1 is 1.22 bits per heavy atom. The number of aryl methyl sites for hydroxylation is 1. The van der Waals surface area contributed by atoms with Gasteiger partial charge in [0.1, 0.15) is 17.3 Å². The van der Waals surface area contributed by atoms with E-state index < -0.39 is 0 Å². The van der Waals surface area contributed by atoms with E-state index in [0.717, 1.165) is 5.56 Å². The number of hydrogen-bond donors (Lipinski definition) is 1. The minimum absolute atomic E-state index is 0.118. The molecule has 0 unspecified atom stereocenters. The van der Waals surface area contributed by atoms with E-state index in [1.165, 1.54) is 12.1 Å². The van der Waals surface area contributed by atoms with Gasteiger partial charge in [-0.05, 0) is 25.1 Å². The predicted molar refractivity (Wildman–Crippen MR) is 71.3 cm³/mol. The van der Waals surface area contributed by atoms with Gasteiger partial charge in [0.2, 0.25) is 0 Å². The van der Waals surface area contributed by atoms with Gasteiger partial charge in [0, 0.05) is 16.1 Å². The van der Waals surface area contributed by atoms with E-state index in [1.54, 1.807) is 12.1 Å². The highest BCUT2D eigenvalue weighted by molar-refractivity contribution is 9.10. The van der Waals surface area contributed by atoms with Gasteiger partial charge in [0.25, 0.3) is 0 Å². The number of halogens is 2. The molecule has 0 saturated heterocycles. The molecule has 0 spiro atoms. The molecule has 0 aliphatic rings. The van der Waals surface area contributed by atoms with Gasteiger partial charge in [0.15, 0.2) is 0 Å². The molecule has 0 heterocycles. The van der Waals surface area contributed by atoms with Crippen molar-refractivity contribution < 1.29 is 14.2 Å². The van der Waals surface area contributed by atoms with Crippen molar-refractivity contribution in [1.82, 2.24) is 0 Å². The second kappa shape index (κ2) is 5.50. The van der Waals surface area contributed by atoms with Crippen LogP contribution in [-0.4, -0.2) is 5.11 Å². The first-order chi connectivity index (χ1) is 8.58. The lowest BCUT2D eigenvalue weighted by molar-refractivity contribution is 0.276. The molecule has 0 aliphatic carbocycles. The monoisotopic (exact) mass is 310 g/mol. The molecule has 94 valence electrons. The molecule has 0 bridgehead atoms. The molecule has 0 atom stereocenters. The highest BCUT2D eigenvalue weighted by Gasteiger charge is 2.06. The first-order valence-corrected chi connectivity index (χ1v) is 6.22. The number of hydrogen-bond acceptors (Lipinski definition) is 2. The lowest BCUT2D eigenvalue weighted by atomic mass is 10.1. The molecular formula is C14H12BrFO2. The van der Waals surface area contributed by atoms with Crippen LogP contribution in [-0.2, 0) is 6.61 Å². The Bertz CT molecular complexity index is 549. The number of rotatable bonds is 3. The van der Waals surface area contributed by atoms with Crippen LogP contribution < -0.4 is 4.74 Å². The maximum atomic E-state index is 13.2. The average molecular weight is 311 g/mol. The Labute approximate surface area is 113 Å². The summed E-state index contributed by atoms with van der Waals surface area (Å²) in [7, 11) is 0. The zero-order valence-electron chi connectivity index (χ0n) is 9.78. The van der Waals surface area contributed by atoms with E-state index in [9.17, 15) is 9.50 Å². The zero-order chi connectivity index (χ0) is 13.1. The molecule has 1 N–H and O–H groups in total. The summed E-state index contributed by atoms with van der Waals surface area (Å²) in [5, 5.41) is 9.27. The van der Waals surface area contributed by atoms with Crippen molar-refractivity contribution in [1.29, 1.82) is 0 Å². The summed E-state index contributed by atoms with van der Waals surface area (Å²) in [6, 6.07) is 9.80. The van der Waals surface area contributed by atoms with Crippen LogP contribution in [0.15, 0.2) is 40.9 Å². The maximum absolute atomic E-state index is 13.2. The van der Waals surface area contributed by atoms with Crippen molar-refractivity contribution in [2.75, 3.05) is 0 Å². The molecule has 0 aliphatic heterocycles. The maximum Gasteiger partial charge on any atom is 0.132 e. The van der Waals surface area contributed by atoms with Gasteiger partial charge in [-0.3, -0.25) is 0 Å². The Kier molecular flexibility index (Phi) is 3.99. The van der Waals surface area contributed by atoms with Crippen molar-refractivity contribution in [2.24, 2.45) is 0 Å². The summed E-state index contributed by atoms with van der Waals surface area (Å²) in [5.41, 5.74) is 1.71. The largest absolute Gasteiger partial charge is 0.457 e. The Hall–Kier alpha value is -1.39. The molecule has 2 nitrogen and oxygen atoms in total. The lowest BCUT2D eigenvalue weighted by Crippen LogP contribution is -1.93. The topological polar surface area (TPSA) is 29.5 Å². The van der Waals surface area contributed by atoms with Gasteiger partial charge >= 0.3 is 0 Å². The minimum atomic E-state index is -0.378. The SMILES string of the molecule is Cc1ccc(Oc2cc(F)cc(Br)c2)c(CO)c1. The quantitative estimate of drug-likeness (QED) is 0.921. The van der Waals surface area contributed by atoms with Gasteiger partial charge in [-0.1, -0.05) is 33.6 Å². The van der Waals surface area contributed by atoms with Crippen molar-refractivity contribution >= 4 is 15.9 Å². The van der Waals surface area contributed by atoms with Crippen molar-refractivity contribution in [3.8, 4) is 11.5 Å². The summed E-state index contributed by atoms with van der Waals surface area (Å²) in [6.45, 7) is 1.81. The molecule has 0 amide bonds.